The van der Waals surface area contributed by atoms with Crippen molar-refractivity contribution in [2.45, 2.75) is 32.2 Å². The highest BCUT2D eigenvalue weighted by Crippen LogP contribution is 2.41. The maximum atomic E-state index is 13.3. The van der Waals surface area contributed by atoms with Gasteiger partial charge < -0.3 is 9.84 Å². The number of carbonyl (C=O) groups is 1. The van der Waals surface area contributed by atoms with Gasteiger partial charge in [0, 0.05) is 36.0 Å². The van der Waals surface area contributed by atoms with E-state index < -0.39 is 0 Å². The summed E-state index contributed by atoms with van der Waals surface area (Å²) in [5.74, 6) is 0.145. The Morgan fingerprint density at radius 1 is 1.28 bits per heavy atom. The molecular weight excluding hydrogens is 373 g/mol. The summed E-state index contributed by atoms with van der Waals surface area (Å²) in [5, 5.41) is 11.8. The molecule has 1 N–H and O–H groups in total. The molecule has 1 saturated carbocycles. The quantitative estimate of drug-likeness (QED) is 0.546. The molecule has 5 rings (SSSR count). The Hall–Kier alpha value is -3.55. The third-order valence-electron chi connectivity index (χ3n) is 5.03. The lowest BCUT2D eigenvalue weighted by molar-refractivity contribution is 0.102. The van der Waals surface area contributed by atoms with E-state index in [4.69, 9.17) is 4.52 Å². The number of hydrogen-bond donors (Lipinski definition) is 1. The zero-order chi connectivity index (χ0) is 20.0. The number of amides is 1. The Morgan fingerprint density at radius 2 is 2.07 bits per heavy atom. The van der Waals surface area contributed by atoms with E-state index in [0.29, 0.717) is 46.2 Å². The fraction of sp³-hybridized carbons (Fsp3) is 0.238. The molecule has 29 heavy (non-hydrogen) atoms. The number of carbonyl (C=O) groups excluding carboxylic acids is 1. The van der Waals surface area contributed by atoms with Gasteiger partial charge in [-0.15, -0.1) is 0 Å². The van der Waals surface area contributed by atoms with E-state index >= 15 is 0 Å². The first-order valence-corrected chi connectivity index (χ1v) is 9.53. The lowest BCUT2D eigenvalue weighted by atomic mass is 10.0. The van der Waals surface area contributed by atoms with Gasteiger partial charge in [0.2, 0.25) is 0 Å². The number of pyridine rings is 1. The average Bonchev–Trinajstić information content (AvgIpc) is 3.34. The van der Waals surface area contributed by atoms with E-state index in [1.54, 1.807) is 35.1 Å². The molecule has 0 spiro atoms. The number of nitrogens with one attached hydrogen (secondary N) is 1. The van der Waals surface area contributed by atoms with E-state index in [1.807, 2.05) is 6.92 Å². The summed E-state index contributed by atoms with van der Waals surface area (Å²) in [6, 6.07) is 9.45. The highest BCUT2D eigenvalue weighted by Gasteiger charge is 2.29. The summed E-state index contributed by atoms with van der Waals surface area (Å²) in [4.78, 5) is 17.7. The summed E-state index contributed by atoms with van der Waals surface area (Å²) in [6.07, 6.45) is 3.88. The minimum Gasteiger partial charge on any atom is -0.335 e. The van der Waals surface area contributed by atoms with Crippen LogP contribution in [0.15, 0.2) is 47.1 Å². The Balaban J connectivity index is 1.61. The predicted molar refractivity (Wildman–Crippen MR) is 105 cm³/mol. The van der Waals surface area contributed by atoms with Crippen molar-refractivity contribution in [1.82, 2.24) is 19.9 Å². The van der Waals surface area contributed by atoms with Crippen molar-refractivity contribution >= 4 is 22.8 Å². The Kier molecular flexibility index (Phi) is 4.12. The summed E-state index contributed by atoms with van der Waals surface area (Å²) >= 11 is 0. The van der Waals surface area contributed by atoms with Crippen molar-refractivity contribution in [3.63, 3.8) is 0 Å². The van der Waals surface area contributed by atoms with Crippen LogP contribution in [0.25, 0.3) is 22.4 Å². The van der Waals surface area contributed by atoms with Crippen LogP contribution in [-0.2, 0) is 6.54 Å². The van der Waals surface area contributed by atoms with Gasteiger partial charge in [-0.1, -0.05) is 5.16 Å². The number of halogens is 1. The molecule has 0 bridgehead atoms. The largest absolute Gasteiger partial charge is 0.335 e. The normalized spacial score (nSPS) is 13.7. The van der Waals surface area contributed by atoms with Crippen molar-refractivity contribution < 1.29 is 13.7 Å². The number of hydrogen-bond acceptors (Lipinski definition) is 5. The van der Waals surface area contributed by atoms with Gasteiger partial charge in [0.15, 0.2) is 5.82 Å². The van der Waals surface area contributed by atoms with Crippen LogP contribution < -0.4 is 5.32 Å². The second kappa shape index (κ2) is 6.80. The number of nitrogens with zero attached hydrogens (tertiary/aromatic N) is 4. The number of fused-ring (bicyclic) bond motifs is 1. The zero-order valence-electron chi connectivity index (χ0n) is 15.7. The van der Waals surface area contributed by atoms with Gasteiger partial charge >= 0.3 is 0 Å². The summed E-state index contributed by atoms with van der Waals surface area (Å²) in [6.45, 7) is 2.68. The van der Waals surface area contributed by atoms with E-state index in [9.17, 15) is 9.18 Å². The fourth-order valence-corrected chi connectivity index (χ4v) is 3.33. The summed E-state index contributed by atoms with van der Waals surface area (Å²) < 4.78 is 20.5. The number of benzene rings is 1. The van der Waals surface area contributed by atoms with Crippen molar-refractivity contribution in [3.05, 3.63) is 59.7 Å². The summed E-state index contributed by atoms with van der Waals surface area (Å²) in [7, 11) is 0. The van der Waals surface area contributed by atoms with Crippen molar-refractivity contribution in [1.29, 1.82) is 0 Å². The first-order valence-electron chi connectivity index (χ1n) is 9.53. The Labute approximate surface area is 165 Å². The number of aromatic nitrogens is 4. The molecule has 3 aromatic heterocycles. The van der Waals surface area contributed by atoms with E-state index in [-0.39, 0.29) is 11.7 Å². The SMILES string of the molecule is CCn1ccc(NC(=O)c2cc(C3CC3)nc3onc(-c4ccc(F)cc4)c23)n1. The molecule has 3 heterocycles. The minimum absolute atomic E-state index is 0.304. The molecule has 0 atom stereocenters. The van der Waals surface area contributed by atoms with Crippen LogP contribution >= 0.6 is 0 Å². The number of aryl methyl sites for hydroxylation is 1. The topological polar surface area (TPSA) is 85.8 Å². The lowest BCUT2D eigenvalue weighted by Crippen LogP contribution is -2.14. The van der Waals surface area contributed by atoms with E-state index in [1.165, 1.54) is 12.1 Å². The van der Waals surface area contributed by atoms with Gasteiger partial charge in [-0.05, 0) is 50.1 Å². The Morgan fingerprint density at radius 3 is 2.76 bits per heavy atom. The van der Waals surface area contributed by atoms with Crippen molar-refractivity contribution in [2.24, 2.45) is 0 Å². The van der Waals surface area contributed by atoms with Crippen LogP contribution in [-0.4, -0.2) is 25.8 Å². The first-order chi connectivity index (χ1) is 14.1. The maximum absolute atomic E-state index is 13.3. The highest BCUT2D eigenvalue weighted by molar-refractivity contribution is 6.14. The van der Waals surface area contributed by atoms with Crippen LogP contribution in [0.2, 0.25) is 0 Å². The molecule has 0 unspecified atom stereocenters. The monoisotopic (exact) mass is 391 g/mol. The molecule has 0 saturated heterocycles. The number of anilines is 1. The van der Waals surface area contributed by atoms with Gasteiger partial charge in [0.05, 0.1) is 10.9 Å². The van der Waals surface area contributed by atoms with E-state index in [2.05, 4.69) is 20.6 Å². The molecule has 1 aliphatic rings. The smallest absolute Gasteiger partial charge is 0.259 e. The molecule has 146 valence electrons. The second-order valence-electron chi connectivity index (χ2n) is 7.10. The fourth-order valence-electron chi connectivity index (χ4n) is 3.33. The van der Waals surface area contributed by atoms with Crippen LogP contribution in [0.1, 0.15) is 41.7 Å². The summed E-state index contributed by atoms with van der Waals surface area (Å²) in [5.41, 5.74) is 2.65. The molecule has 0 aliphatic heterocycles. The molecule has 1 fully saturated rings. The third-order valence-corrected chi connectivity index (χ3v) is 5.03. The minimum atomic E-state index is -0.347. The molecular formula is C21H18FN5O2. The Bertz CT molecular complexity index is 1210. The zero-order valence-corrected chi connectivity index (χ0v) is 15.7. The van der Waals surface area contributed by atoms with Crippen LogP contribution in [0, 0.1) is 5.82 Å². The van der Waals surface area contributed by atoms with Gasteiger partial charge in [0.1, 0.15) is 11.5 Å². The molecule has 1 amide bonds. The average molecular weight is 391 g/mol. The molecule has 1 aliphatic carbocycles. The predicted octanol–water partition coefficient (Wildman–Crippen LogP) is 4.38. The molecule has 7 nitrogen and oxygen atoms in total. The van der Waals surface area contributed by atoms with Crippen LogP contribution in [0.3, 0.4) is 0 Å². The third kappa shape index (κ3) is 3.26. The van der Waals surface area contributed by atoms with E-state index in [0.717, 1.165) is 18.5 Å². The highest BCUT2D eigenvalue weighted by atomic mass is 19.1. The molecule has 1 aromatic carbocycles. The number of rotatable bonds is 5. The van der Waals surface area contributed by atoms with Crippen molar-refractivity contribution in [3.8, 4) is 11.3 Å². The molecule has 0 radical (unpaired) electrons. The van der Waals surface area contributed by atoms with Gasteiger partial charge in [-0.25, -0.2) is 9.37 Å². The standard InChI is InChI=1S/C21H18FN5O2/c1-2-27-10-9-17(25-27)24-20(28)15-11-16(12-3-4-12)23-21-18(15)19(26-29-21)13-5-7-14(22)8-6-13/h5-12H,2-4H2,1H3,(H,24,25,28). The van der Waals surface area contributed by atoms with Crippen LogP contribution in [0.4, 0.5) is 10.2 Å². The van der Waals surface area contributed by atoms with Crippen LogP contribution in [0.5, 0.6) is 0 Å². The second-order valence-corrected chi connectivity index (χ2v) is 7.10. The first kappa shape index (κ1) is 17.5. The molecule has 8 heteroatoms. The van der Waals surface area contributed by atoms with Gasteiger partial charge in [0.25, 0.3) is 11.6 Å². The maximum Gasteiger partial charge on any atom is 0.259 e. The van der Waals surface area contributed by atoms with Gasteiger partial charge in [-0.2, -0.15) is 5.10 Å². The lowest BCUT2D eigenvalue weighted by Gasteiger charge is -2.07. The van der Waals surface area contributed by atoms with Crippen molar-refractivity contribution in [2.75, 3.05) is 5.32 Å². The molecule has 4 aromatic rings. The van der Waals surface area contributed by atoms with Gasteiger partial charge in [-0.3, -0.25) is 9.48 Å².